The summed E-state index contributed by atoms with van der Waals surface area (Å²) in [6, 6.07) is 20.6. The van der Waals surface area contributed by atoms with Crippen LogP contribution in [0.4, 0.5) is 0 Å². The molecule has 2 rings (SSSR count). The van der Waals surface area contributed by atoms with Crippen molar-refractivity contribution in [3.8, 4) is 5.75 Å². The topological polar surface area (TPSA) is 9.23 Å². The summed E-state index contributed by atoms with van der Waals surface area (Å²) in [6.07, 6.45) is 4.73. The van der Waals surface area contributed by atoms with E-state index >= 15 is 0 Å². The highest BCUT2D eigenvalue weighted by Crippen LogP contribution is 2.28. The molecule has 0 aliphatic heterocycles. The maximum absolute atomic E-state index is 5.69. The monoisotopic (exact) mass is 332 g/mol. The van der Waals surface area contributed by atoms with Crippen LogP contribution in [-0.4, -0.2) is 6.61 Å². The predicted octanol–water partition coefficient (Wildman–Crippen LogP) is 5.76. The van der Waals surface area contributed by atoms with Crippen molar-refractivity contribution in [3.05, 3.63) is 66.2 Å². The summed E-state index contributed by atoms with van der Waals surface area (Å²) >= 11 is 3.76. The summed E-state index contributed by atoms with van der Waals surface area (Å²) in [5.41, 5.74) is 1.37. The molecule has 0 aliphatic carbocycles. The second-order valence-electron chi connectivity index (χ2n) is 4.89. The van der Waals surface area contributed by atoms with E-state index in [1.807, 2.05) is 30.3 Å². The van der Waals surface area contributed by atoms with Gasteiger partial charge in [-0.15, -0.1) is 0 Å². The number of unbranched alkanes of at least 4 members (excludes halogenated alkanes) is 2. The molecule has 0 bridgehead atoms. The fraction of sp³-hybridized carbons (Fsp3) is 0.333. The lowest BCUT2D eigenvalue weighted by molar-refractivity contribution is 0.304. The van der Waals surface area contributed by atoms with E-state index in [1.165, 1.54) is 24.8 Å². The molecule has 1 nitrogen and oxygen atoms in total. The Bertz CT molecular complexity index is 469. The van der Waals surface area contributed by atoms with Crippen LogP contribution in [0.2, 0.25) is 0 Å². The number of rotatable bonds is 8. The van der Waals surface area contributed by atoms with Crippen LogP contribution in [0.5, 0.6) is 5.75 Å². The molecule has 0 aliphatic rings. The summed E-state index contributed by atoms with van der Waals surface area (Å²) in [4.78, 5) is 0.471. The van der Waals surface area contributed by atoms with E-state index < -0.39 is 0 Å². The van der Waals surface area contributed by atoms with E-state index in [-0.39, 0.29) is 0 Å². The lowest BCUT2D eigenvalue weighted by Gasteiger charge is -2.10. The second kappa shape index (κ2) is 8.80. The minimum Gasteiger partial charge on any atom is -0.494 e. The summed E-state index contributed by atoms with van der Waals surface area (Å²) in [7, 11) is 0. The molecule has 0 spiro atoms. The van der Waals surface area contributed by atoms with Crippen molar-refractivity contribution < 1.29 is 4.74 Å². The maximum atomic E-state index is 5.69. The maximum Gasteiger partial charge on any atom is 0.119 e. The zero-order valence-electron chi connectivity index (χ0n) is 11.7. The molecule has 0 saturated heterocycles. The largest absolute Gasteiger partial charge is 0.494 e. The van der Waals surface area contributed by atoms with E-state index in [0.717, 1.165) is 18.8 Å². The van der Waals surface area contributed by atoms with Crippen molar-refractivity contribution in [1.82, 2.24) is 0 Å². The molecule has 0 N–H and O–H groups in total. The zero-order valence-corrected chi connectivity index (χ0v) is 13.3. The van der Waals surface area contributed by atoms with Gasteiger partial charge in [0.05, 0.1) is 6.61 Å². The van der Waals surface area contributed by atoms with Crippen molar-refractivity contribution >= 4 is 15.9 Å². The number of para-hydroxylation sites is 1. The second-order valence-corrected chi connectivity index (χ2v) is 5.99. The van der Waals surface area contributed by atoms with Gasteiger partial charge < -0.3 is 4.74 Å². The molecule has 20 heavy (non-hydrogen) atoms. The zero-order chi connectivity index (χ0) is 14.0. The first-order chi connectivity index (χ1) is 9.86. The molecule has 1 unspecified atom stereocenters. The molecule has 0 heterocycles. The van der Waals surface area contributed by atoms with Gasteiger partial charge in [-0.25, -0.2) is 0 Å². The average molecular weight is 333 g/mol. The summed E-state index contributed by atoms with van der Waals surface area (Å²) in [6.45, 7) is 0.808. The Hall–Kier alpha value is -1.28. The normalized spacial score (nSPS) is 12.1. The number of hydrogen-bond acceptors (Lipinski definition) is 1. The van der Waals surface area contributed by atoms with E-state index in [1.54, 1.807) is 0 Å². The van der Waals surface area contributed by atoms with Gasteiger partial charge >= 0.3 is 0 Å². The van der Waals surface area contributed by atoms with Gasteiger partial charge in [0.2, 0.25) is 0 Å². The summed E-state index contributed by atoms with van der Waals surface area (Å²) < 4.78 is 5.69. The molecule has 0 saturated carbocycles. The van der Waals surface area contributed by atoms with Gasteiger partial charge in [0, 0.05) is 4.83 Å². The predicted molar refractivity (Wildman–Crippen MR) is 88.5 cm³/mol. The van der Waals surface area contributed by atoms with Crippen LogP contribution in [0.3, 0.4) is 0 Å². The number of hydrogen-bond donors (Lipinski definition) is 0. The fourth-order valence-electron chi connectivity index (χ4n) is 2.14. The minimum atomic E-state index is 0.471. The van der Waals surface area contributed by atoms with Crippen LogP contribution < -0.4 is 4.74 Å². The molecule has 0 radical (unpaired) electrons. The number of benzene rings is 2. The highest BCUT2D eigenvalue weighted by atomic mass is 79.9. The Morgan fingerprint density at radius 1 is 0.800 bits per heavy atom. The summed E-state index contributed by atoms with van der Waals surface area (Å²) in [5.74, 6) is 0.968. The number of halogens is 1. The first-order valence-corrected chi connectivity index (χ1v) is 8.14. The SMILES string of the molecule is BrC(CCCCCOc1ccccc1)c1ccccc1. The Kier molecular flexibility index (Phi) is 6.65. The van der Waals surface area contributed by atoms with Crippen molar-refractivity contribution in [3.63, 3.8) is 0 Å². The fourth-order valence-corrected chi connectivity index (χ4v) is 2.77. The Morgan fingerprint density at radius 3 is 2.15 bits per heavy atom. The van der Waals surface area contributed by atoms with Crippen LogP contribution in [0.25, 0.3) is 0 Å². The highest BCUT2D eigenvalue weighted by molar-refractivity contribution is 9.09. The van der Waals surface area contributed by atoms with Crippen LogP contribution in [-0.2, 0) is 0 Å². The van der Waals surface area contributed by atoms with Gasteiger partial charge in [-0.2, -0.15) is 0 Å². The van der Waals surface area contributed by atoms with Gasteiger partial charge in [-0.3, -0.25) is 0 Å². The van der Waals surface area contributed by atoms with E-state index in [2.05, 4.69) is 46.3 Å². The number of ether oxygens (including phenoxy) is 1. The van der Waals surface area contributed by atoms with Gasteiger partial charge in [0.25, 0.3) is 0 Å². The van der Waals surface area contributed by atoms with Gasteiger partial charge in [-0.1, -0.05) is 77.3 Å². The van der Waals surface area contributed by atoms with Crippen LogP contribution in [0.1, 0.15) is 36.1 Å². The first-order valence-electron chi connectivity index (χ1n) is 7.23. The first kappa shape index (κ1) is 15.1. The van der Waals surface area contributed by atoms with Crippen LogP contribution in [0.15, 0.2) is 60.7 Å². The minimum absolute atomic E-state index is 0.471. The molecule has 2 aromatic rings. The van der Waals surface area contributed by atoms with Crippen molar-refractivity contribution in [2.75, 3.05) is 6.61 Å². The van der Waals surface area contributed by atoms with Crippen LogP contribution in [0, 0.1) is 0 Å². The quantitative estimate of drug-likeness (QED) is 0.441. The third kappa shape index (κ3) is 5.38. The third-order valence-corrected chi connectivity index (χ3v) is 4.26. The molecular formula is C18H21BrO. The standard InChI is InChI=1S/C18H21BrO/c19-18(16-10-4-1-5-11-16)14-8-3-9-15-20-17-12-6-2-7-13-17/h1-2,4-7,10-13,18H,3,8-9,14-15H2. The van der Waals surface area contributed by atoms with Crippen molar-refractivity contribution in [1.29, 1.82) is 0 Å². The van der Waals surface area contributed by atoms with Crippen molar-refractivity contribution in [2.45, 2.75) is 30.5 Å². The van der Waals surface area contributed by atoms with E-state index in [4.69, 9.17) is 4.74 Å². The van der Waals surface area contributed by atoms with E-state index in [9.17, 15) is 0 Å². The average Bonchev–Trinajstić information content (AvgIpc) is 2.52. The Labute approximate surface area is 130 Å². The van der Waals surface area contributed by atoms with E-state index in [0.29, 0.717) is 4.83 Å². The van der Waals surface area contributed by atoms with Gasteiger partial charge in [0.15, 0.2) is 0 Å². The lowest BCUT2D eigenvalue weighted by atomic mass is 10.1. The molecule has 0 amide bonds. The molecular weight excluding hydrogens is 312 g/mol. The Balaban J connectivity index is 1.56. The third-order valence-electron chi connectivity index (χ3n) is 3.28. The molecule has 1 atom stereocenters. The molecule has 0 aromatic heterocycles. The Morgan fingerprint density at radius 2 is 1.45 bits per heavy atom. The van der Waals surface area contributed by atoms with Gasteiger partial charge in [-0.05, 0) is 30.5 Å². The smallest absolute Gasteiger partial charge is 0.119 e. The highest BCUT2D eigenvalue weighted by Gasteiger charge is 2.05. The van der Waals surface area contributed by atoms with Gasteiger partial charge in [0.1, 0.15) is 5.75 Å². The lowest BCUT2D eigenvalue weighted by Crippen LogP contribution is -1.97. The van der Waals surface area contributed by atoms with Crippen LogP contribution >= 0.6 is 15.9 Å². The van der Waals surface area contributed by atoms with Crippen molar-refractivity contribution in [2.24, 2.45) is 0 Å². The molecule has 0 fully saturated rings. The molecule has 2 heteroatoms. The molecule has 106 valence electrons. The molecule has 2 aromatic carbocycles. The summed E-state index contributed by atoms with van der Waals surface area (Å²) in [5, 5.41) is 0. The number of alkyl halides is 1.